The smallest absolute Gasteiger partial charge is 0.0644 e. The van der Waals surface area contributed by atoms with Crippen LogP contribution in [-0.4, -0.2) is 27.5 Å². The number of nitrogens with one attached hydrogen (secondary N) is 1. The van der Waals surface area contributed by atoms with Crippen molar-refractivity contribution < 1.29 is 5.11 Å². The van der Waals surface area contributed by atoms with E-state index in [-0.39, 0.29) is 6.61 Å². The lowest BCUT2D eigenvalue weighted by Crippen LogP contribution is -2.28. The molecule has 2 rings (SSSR count). The Labute approximate surface area is 139 Å². The molecule has 4 heteroatoms. The maximum absolute atomic E-state index is 9.09. The summed E-state index contributed by atoms with van der Waals surface area (Å²) in [6.45, 7) is 12.1. The Hall–Kier alpha value is -1.65. The van der Waals surface area contributed by atoms with Crippen molar-refractivity contribution >= 4 is 0 Å². The van der Waals surface area contributed by atoms with Gasteiger partial charge in [-0.1, -0.05) is 29.3 Å². The van der Waals surface area contributed by atoms with Gasteiger partial charge < -0.3 is 10.4 Å². The zero-order chi connectivity index (χ0) is 17.0. The Morgan fingerprint density at radius 1 is 1.13 bits per heavy atom. The summed E-state index contributed by atoms with van der Waals surface area (Å²) >= 11 is 0. The van der Waals surface area contributed by atoms with Gasteiger partial charge in [-0.3, -0.25) is 4.68 Å². The van der Waals surface area contributed by atoms with Gasteiger partial charge in [-0.25, -0.2) is 0 Å². The number of nitrogens with zero attached hydrogens (tertiary/aromatic N) is 2. The molecule has 0 bridgehead atoms. The molecule has 1 aromatic heterocycles. The van der Waals surface area contributed by atoms with Crippen LogP contribution in [0.15, 0.2) is 18.2 Å². The van der Waals surface area contributed by atoms with Gasteiger partial charge in [-0.05, 0) is 46.6 Å². The summed E-state index contributed by atoms with van der Waals surface area (Å²) in [4.78, 5) is 0. The summed E-state index contributed by atoms with van der Waals surface area (Å²) < 4.78 is 1.89. The van der Waals surface area contributed by atoms with Crippen LogP contribution in [0.4, 0.5) is 0 Å². The maximum Gasteiger partial charge on any atom is 0.0644 e. The van der Waals surface area contributed by atoms with Crippen molar-refractivity contribution in [1.82, 2.24) is 15.1 Å². The zero-order valence-corrected chi connectivity index (χ0v) is 15.0. The lowest BCUT2D eigenvalue weighted by Gasteiger charge is -2.15. The van der Waals surface area contributed by atoms with Crippen LogP contribution < -0.4 is 5.32 Å². The number of aliphatic hydroxyl groups excluding tert-OH is 1. The van der Waals surface area contributed by atoms with Crippen molar-refractivity contribution in [1.29, 1.82) is 0 Å². The first-order chi connectivity index (χ1) is 10.9. The van der Waals surface area contributed by atoms with E-state index in [0.717, 1.165) is 24.4 Å². The van der Waals surface area contributed by atoms with Crippen LogP contribution in [0.3, 0.4) is 0 Å². The van der Waals surface area contributed by atoms with E-state index in [4.69, 9.17) is 5.11 Å². The van der Waals surface area contributed by atoms with E-state index in [1.165, 1.54) is 22.3 Å². The summed E-state index contributed by atoms with van der Waals surface area (Å²) in [6, 6.07) is 7.14. The van der Waals surface area contributed by atoms with Gasteiger partial charge in [-0.15, -0.1) is 0 Å². The number of rotatable bonds is 7. The number of aliphatic hydroxyl groups is 1. The minimum Gasteiger partial charge on any atom is -0.394 e. The number of hydrogen-bond donors (Lipinski definition) is 2. The minimum atomic E-state index is 0.123. The fraction of sp³-hybridized carbons (Fsp3) is 0.526. The number of aryl methyl sites for hydroxylation is 3. The quantitative estimate of drug-likeness (QED) is 0.826. The third-order valence-electron chi connectivity index (χ3n) is 4.29. The molecule has 4 nitrogen and oxygen atoms in total. The van der Waals surface area contributed by atoms with Crippen molar-refractivity contribution in [3.05, 3.63) is 51.8 Å². The van der Waals surface area contributed by atoms with Gasteiger partial charge in [-0.2, -0.15) is 5.10 Å². The van der Waals surface area contributed by atoms with Crippen LogP contribution in [0.25, 0.3) is 0 Å². The molecule has 1 unspecified atom stereocenters. The lowest BCUT2D eigenvalue weighted by molar-refractivity contribution is 0.267. The predicted molar refractivity (Wildman–Crippen MR) is 94.7 cm³/mol. The molecule has 1 atom stereocenters. The van der Waals surface area contributed by atoms with Gasteiger partial charge in [0.1, 0.15) is 0 Å². The van der Waals surface area contributed by atoms with Crippen molar-refractivity contribution in [2.45, 2.75) is 60.2 Å². The van der Waals surface area contributed by atoms with Gasteiger partial charge >= 0.3 is 0 Å². The van der Waals surface area contributed by atoms with E-state index in [2.05, 4.69) is 56.3 Å². The third kappa shape index (κ3) is 4.66. The standard InChI is InChI=1S/C19H29N3O/c1-13-8-14(2)10-18(9-13)11-15(3)20-12-19-16(4)21-22(6-7-23)17(19)5/h8-10,15,20,23H,6-7,11-12H2,1-5H3. The van der Waals surface area contributed by atoms with Gasteiger partial charge in [0, 0.05) is 23.8 Å². The molecule has 0 aliphatic heterocycles. The van der Waals surface area contributed by atoms with Gasteiger partial charge in [0.15, 0.2) is 0 Å². The Balaban J connectivity index is 1.98. The fourth-order valence-corrected chi connectivity index (χ4v) is 3.19. The fourth-order valence-electron chi connectivity index (χ4n) is 3.19. The van der Waals surface area contributed by atoms with Gasteiger partial charge in [0.25, 0.3) is 0 Å². The molecule has 0 saturated heterocycles. The Bertz CT molecular complexity index is 641. The highest BCUT2D eigenvalue weighted by Gasteiger charge is 2.12. The van der Waals surface area contributed by atoms with E-state index in [9.17, 15) is 0 Å². The molecule has 2 N–H and O–H groups in total. The van der Waals surface area contributed by atoms with E-state index >= 15 is 0 Å². The molecule has 126 valence electrons. The zero-order valence-electron chi connectivity index (χ0n) is 15.0. The molecule has 0 spiro atoms. The van der Waals surface area contributed by atoms with E-state index in [1.54, 1.807) is 0 Å². The first-order valence-corrected chi connectivity index (χ1v) is 8.35. The molecular formula is C19H29N3O. The van der Waals surface area contributed by atoms with E-state index in [1.807, 2.05) is 11.6 Å². The maximum atomic E-state index is 9.09. The molecule has 0 aliphatic carbocycles. The highest BCUT2D eigenvalue weighted by Crippen LogP contribution is 2.14. The van der Waals surface area contributed by atoms with Crippen molar-refractivity contribution in [3.63, 3.8) is 0 Å². The topological polar surface area (TPSA) is 50.1 Å². The van der Waals surface area contributed by atoms with Gasteiger partial charge in [0.05, 0.1) is 18.8 Å². The minimum absolute atomic E-state index is 0.123. The SMILES string of the molecule is Cc1cc(C)cc(CC(C)NCc2c(C)nn(CCO)c2C)c1. The Morgan fingerprint density at radius 3 is 2.39 bits per heavy atom. The molecule has 0 saturated carbocycles. The molecule has 0 fully saturated rings. The van der Waals surface area contributed by atoms with E-state index < -0.39 is 0 Å². The number of aromatic nitrogens is 2. The first kappa shape index (κ1) is 17.7. The summed E-state index contributed by atoms with van der Waals surface area (Å²) in [7, 11) is 0. The van der Waals surface area contributed by atoms with Crippen molar-refractivity contribution in [2.24, 2.45) is 0 Å². The van der Waals surface area contributed by atoms with Crippen LogP contribution in [-0.2, 0) is 19.5 Å². The highest BCUT2D eigenvalue weighted by atomic mass is 16.3. The van der Waals surface area contributed by atoms with Crippen LogP contribution in [0.2, 0.25) is 0 Å². The monoisotopic (exact) mass is 315 g/mol. The molecule has 0 aliphatic rings. The average Bonchev–Trinajstić information content (AvgIpc) is 2.70. The van der Waals surface area contributed by atoms with Crippen molar-refractivity contribution in [3.8, 4) is 0 Å². The summed E-state index contributed by atoms with van der Waals surface area (Å²) in [6.07, 6.45) is 1.02. The highest BCUT2D eigenvalue weighted by molar-refractivity contribution is 5.29. The summed E-state index contributed by atoms with van der Waals surface area (Å²) in [5.74, 6) is 0. The molecular weight excluding hydrogens is 286 g/mol. The first-order valence-electron chi connectivity index (χ1n) is 8.35. The molecule has 1 heterocycles. The normalized spacial score (nSPS) is 12.6. The predicted octanol–water partition coefficient (Wildman–Crippen LogP) is 2.83. The van der Waals surface area contributed by atoms with Crippen LogP contribution >= 0.6 is 0 Å². The van der Waals surface area contributed by atoms with Crippen LogP contribution in [0.1, 0.15) is 40.6 Å². The Morgan fingerprint density at radius 2 is 1.78 bits per heavy atom. The number of benzene rings is 1. The molecule has 23 heavy (non-hydrogen) atoms. The van der Waals surface area contributed by atoms with Crippen LogP contribution in [0, 0.1) is 27.7 Å². The Kier molecular flexibility index (Phi) is 5.97. The van der Waals surface area contributed by atoms with Gasteiger partial charge in [0.2, 0.25) is 0 Å². The second-order valence-corrected chi connectivity index (χ2v) is 6.58. The lowest BCUT2D eigenvalue weighted by atomic mass is 10.0. The summed E-state index contributed by atoms with van der Waals surface area (Å²) in [5.41, 5.74) is 7.45. The average molecular weight is 315 g/mol. The molecule has 0 amide bonds. The number of hydrogen-bond acceptors (Lipinski definition) is 3. The molecule has 1 aromatic carbocycles. The second kappa shape index (κ2) is 7.75. The molecule has 0 radical (unpaired) electrons. The van der Waals surface area contributed by atoms with Crippen molar-refractivity contribution in [2.75, 3.05) is 6.61 Å². The van der Waals surface area contributed by atoms with Crippen LogP contribution in [0.5, 0.6) is 0 Å². The largest absolute Gasteiger partial charge is 0.394 e. The summed E-state index contributed by atoms with van der Waals surface area (Å²) in [5, 5.41) is 17.2. The molecule has 2 aromatic rings. The third-order valence-corrected chi connectivity index (χ3v) is 4.29. The van der Waals surface area contributed by atoms with E-state index in [0.29, 0.717) is 12.6 Å². The second-order valence-electron chi connectivity index (χ2n) is 6.58.